The van der Waals surface area contributed by atoms with Crippen molar-refractivity contribution < 1.29 is 14.5 Å². The molecular formula is C30H21ClN4O4S2. The predicted octanol–water partition coefficient (Wildman–Crippen LogP) is 8.10. The number of thioether (sulfide) groups is 1. The van der Waals surface area contributed by atoms with E-state index in [0.29, 0.717) is 21.5 Å². The SMILES string of the molecule is O=C(Nc1cccc(SC(C(=O)Nc2nc(-c3ccccc3Cl)cs2)c2ccccc2)c1)c1cccc([N+](=O)[O-])c1. The van der Waals surface area contributed by atoms with Gasteiger partial charge in [-0.3, -0.25) is 19.7 Å². The first kappa shape index (κ1) is 28.0. The summed E-state index contributed by atoms with van der Waals surface area (Å²) in [5.41, 5.74) is 2.74. The van der Waals surface area contributed by atoms with E-state index >= 15 is 0 Å². The van der Waals surface area contributed by atoms with Crippen LogP contribution in [0.1, 0.15) is 21.2 Å². The lowest BCUT2D eigenvalue weighted by atomic mass is 10.1. The van der Waals surface area contributed by atoms with Crippen molar-refractivity contribution in [2.75, 3.05) is 10.6 Å². The summed E-state index contributed by atoms with van der Waals surface area (Å²) < 4.78 is 0. The quantitative estimate of drug-likeness (QED) is 0.100. The maximum absolute atomic E-state index is 13.5. The Morgan fingerprint density at radius 2 is 1.66 bits per heavy atom. The topological polar surface area (TPSA) is 114 Å². The van der Waals surface area contributed by atoms with E-state index in [9.17, 15) is 19.7 Å². The van der Waals surface area contributed by atoms with Gasteiger partial charge in [0, 0.05) is 44.2 Å². The molecule has 2 amide bonds. The van der Waals surface area contributed by atoms with Crippen molar-refractivity contribution in [3.63, 3.8) is 0 Å². The molecule has 2 N–H and O–H groups in total. The van der Waals surface area contributed by atoms with Crippen LogP contribution in [-0.4, -0.2) is 21.7 Å². The molecule has 4 aromatic carbocycles. The number of nitro groups is 1. The molecule has 11 heteroatoms. The molecule has 0 aliphatic carbocycles. The first-order valence-corrected chi connectivity index (χ1v) is 14.4. The number of anilines is 2. The molecule has 0 saturated carbocycles. The second-order valence-electron chi connectivity index (χ2n) is 8.70. The van der Waals surface area contributed by atoms with E-state index in [1.54, 1.807) is 24.3 Å². The number of nitrogens with one attached hydrogen (secondary N) is 2. The Balaban J connectivity index is 1.34. The molecule has 1 aromatic heterocycles. The Hall–Kier alpha value is -4.51. The van der Waals surface area contributed by atoms with Crippen molar-refractivity contribution in [3.8, 4) is 11.3 Å². The molecule has 0 aliphatic heterocycles. The minimum atomic E-state index is -0.619. The van der Waals surface area contributed by atoms with Crippen LogP contribution in [0.15, 0.2) is 113 Å². The normalized spacial score (nSPS) is 11.4. The Morgan fingerprint density at radius 3 is 2.44 bits per heavy atom. The summed E-state index contributed by atoms with van der Waals surface area (Å²) in [5.74, 6) is -0.737. The van der Waals surface area contributed by atoms with Gasteiger partial charge >= 0.3 is 0 Å². The highest BCUT2D eigenvalue weighted by Gasteiger charge is 2.24. The van der Waals surface area contributed by atoms with Gasteiger partial charge < -0.3 is 10.6 Å². The second-order valence-corrected chi connectivity index (χ2v) is 11.1. The number of amides is 2. The monoisotopic (exact) mass is 600 g/mol. The van der Waals surface area contributed by atoms with Gasteiger partial charge in [0.05, 0.1) is 10.6 Å². The number of hydrogen-bond acceptors (Lipinski definition) is 7. The molecular weight excluding hydrogens is 580 g/mol. The van der Waals surface area contributed by atoms with Crippen molar-refractivity contribution in [1.29, 1.82) is 0 Å². The van der Waals surface area contributed by atoms with E-state index in [0.717, 1.165) is 16.0 Å². The van der Waals surface area contributed by atoms with Gasteiger partial charge in [-0.1, -0.05) is 72.3 Å². The van der Waals surface area contributed by atoms with Crippen molar-refractivity contribution in [1.82, 2.24) is 4.98 Å². The number of nitrogens with zero attached hydrogens (tertiary/aromatic N) is 2. The molecule has 1 unspecified atom stereocenters. The number of aromatic nitrogens is 1. The van der Waals surface area contributed by atoms with Crippen molar-refractivity contribution in [3.05, 3.63) is 135 Å². The van der Waals surface area contributed by atoms with Crippen LogP contribution >= 0.6 is 34.7 Å². The first-order chi connectivity index (χ1) is 19.9. The minimum Gasteiger partial charge on any atom is -0.322 e. The summed E-state index contributed by atoms with van der Waals surface area (Å²) in [6, 6.07) is 29.3. The fourth-order valence-electron chi connectivity index (χ4n) is 3.94. The molecule has 0 aliphatic rings. The summed E-state index contributed by atoms with van der Waals surface area (Å²) in [5, 5.41) is 19.0. The Labute approximate surface area is 248 Å². The highest BCUT2D eigenvalue weighted by molar-refractivity contribution is 8.00. The van der Waals surface area contributed by atoms with Gasteiger partial charge in [-0.05, 0) is 35.9 Å². The molecule has 0 spiro atoms. The highest BCUT2D eigenvalue weighted by atomic mass is 35.5. The van der Waals surface area contributed by atoms with Crippen molar-refractivity contribution >= 4 is 63.0 Å². The number of benzene rings is 4. The van der Waals surface area contributed by atoms with Crippen LogP contribution in [-0.2, 0) is 4.79 Å². The summed E-state index contributed by atoms with van der Waals surface area (Å²) in [7, 11) is 0. The summed E-state index contributed by atoms with van der Waals surface area (Å²) in [6.45, 7) is 0. The Morgan fingerprint density at radius 1 is 0.902 bits per heavy atom. The first-order valence-electron chi connectivity index (χ1n) is 12.3. The zero-order valence-electron chi connectivity index (χ0n) is 21.2. The third-order valence-electron chi connectivity index (χ3n) is 5.89. The van der Waals surface area contributed by atoms with Gasteiger partial charge in [-0.2, -0.15) is 0 Å². The van der Waals surface area contributed by atoms with E-state index in [4.69, 9.17) is 11.6 Å². The third-order valence-corrected chi connectivity index (χ3v) is 8.22. The van der Waals surface area contributed by atoms with E-state index in [1.807, 2.05) is 60.0 Å². The van der Waals surface area contributed by atoms with Crippen molar-refractivity contribution in [2.45, 2.75) is 10.1 Å². The van der Waals surface area contributed by atoms with Crippen LogP contribution in [0, 0.1) is 10.1 Å². The average molecular weight is 601 g/mol. The van der Waals surface area contributed by atoms with E-state index in [1.165, 1.54) is 47.4 Å². The predicted molar refractivity (Wildman–Crippen MR) is 164 cm³/mol. The highest BCUT2D eigenvalue weighted by Crippen LogP contribution is 2.38. The van der Waals surface area contributed by atoms with Gasteiger partial charge in [0.15, 0.2) is 5.13 Å². The number of non-ortho nitro benzene ring substituents is 1. The molecule has 0 radical (unpaired) electrons. The number of hydrogen-bond donors (Lipinski definition) is 2. The molecule has 5 rings (SSSR count). The number of halogens is 1. The number of rotatable bonds is 9. The standard InChI is InChI=1S/C30H21ClN4O4S2/c31-25-15-5-4-14-24(25)26-18-40-30(33-26)34-29(37)27(19-8-2-1-3-9-19)41-23-13-7-11-21(17-23)32-28(36)20-10-6-12-22(16-20)35(38)39/h1-18,27H,(H,32,36)(H,33,34,37). The fourth-order valence-corrected chi connectivity index (χ4v) is 5.97. The van der Waals surface area contributed by atoms with Crippen LogP contribution in [0.3, 0.4) is 0 Å². The zero-order valence-corrected chi connectivity index (χ0v) is 23.6. The van der Waals surface area contributed by atoms with E-state index < -0.39 is 16.1 Å². The molecule has 5 aromatic rings. The zero-order chi connectivity index (χ0) is 28.8. The van der Waals surface area contributed by atoms with Gasteiger partial charge in [0.2, 0.25) is 5.91 Å². The largest absolute Gasteiger partial charge is 0.322 e. The van der Waals surface area contributed by atoms with Gasteiger partial charge in [0.1, 0.15) is 5.25 Å². The smallest absolute Gasteiger partial charge is 0.270 e. The third kappa shape index (κ3) is 6.98. The maximum Gasteiger partial charge on any atom is 0.270 e. The van der Waals surface area contributed by atoms with Crippen molar-refractivity contribution in [2.24, 2.45) is 0 Å². The number of carbonyl (C=O) groups is 2. The van der Waals surface area contributed by atoms with Crippen LogP contribution in [0.25, 0.3) is 11.3 Å². The van der Waals surface area contributed by atoms with Crippen LogP contribution in [0.5, 0.6) is 0 Å². The molecule has 1 atom stereocenters. The summed E-state index contributed by atoms with van der Waals surface area (Å²) in [4.78, 5) is 42.1. The lowest BCUT2D eigenvalue weighted by molar-refractivity contribution is -0.384. The van der Waals surface area contributed by atoms with E-state index in [2.05, 4.69) is 15.6 Å². The molecule has 204 valence electrons. The number of thiazole rings is 1. The van der Waals surface area contributed by atoms with Gasteiger partial charge in [-0.25, -0.2) is 4.98 Å². The molecule has 0 fully saturated rings. The van der Waals surface area contributed by atoms with Gasteiger partial charge in [-0.15, -0.1) is 23.1 Å². The van der Waals surface area contributed by atoms with Crippen LogP contribution < -0.4 is 10.6 Å². The second kappa shape index (κ2) is 12.8. The average Bonchev–Trinajstić information content (AvgIpc) is 3.45. The Kier molecular flexibility index (Phi) is 8.73. The van der Waals surface area contributed by atoms with Crippen LogP contribution in [0.2, 0.25) is 5.02 Å². The number of carbonyl (C=O) groups excluding carboxylic acids is 2. The summed E-state index contributed by atoms with van der Waals surface area (Å²) >= 11 is 8.94. The lowest BCUT2D eigenvalue weighted by Gasteiger charge is -2.17. The van der Waals surface area contributed by atoms with E-state index in [-0.39, 0.29) is 17.2 Å². The minimum absolute atomic E-state index is 0.165. The molecule has 0 saturated heterocycles. The lowest BCUT2D eigenvalue weighted by Crippen LogP contribution is -2.19. The molecule has 41 heavy (non-hydrogen) atoms. The Bertz CT molecular complexity index is 1730. The van der Waals surface area contributed by atoms with Gasteiger partial charge in [0.25, 0.3) is 11.6 Å². The summed E-state index contributed by atoms with van der Waals surface area (Å²) in [6.07, 6.45) is 0. The molecule has 0 bridgehead atoms. The molecule has 8 nitrogen and oxygen atoms in total. The maximum atomic E-state index is 13.5. The molecule has 1 heterocycles. The number of nitro benzene ring substituents is 1. The van der Waals surface area contributed by atoms with Crippen LogP contribution in [0.4, 0.5) is 16.5 Å². The fraction of sp³-hybridized carbons (Fsp3) is 0.0333.